The van der Waals surface area contributed by atoms with E-state index >= 15 is 0 Å². The van der Waals surface area contributed by atoms with Crippen LogP contribution < -0.4 is 11.5 Å². The van der Waals surface area contributed by atoms with Crippen molar-refractivity contribution in [2.45, 2.75) is 0 Å². The number of fused-ring (bicyclic) bond motifs is 2. The molecule has 4 aromatic rings. The normalized spacial score (nSPS) is 11.3. The second-order valence-corrected chi connectivity index (χ2v) is 5.85. The number of hydrogen-bond acceptors (Lipinski definition) is 5. The average Bonchev–Trinajstić information content (AvgIpc) is 3.08. The van der Waals surface area contributed by atoms with Crippen molar-refractivity contribution in [2.75, 3.05) is 5.73 Å². The highest BCUT2D eigenvalue weighted by Crippen LogP contribution is 2.28. The van der Waals surface area contributed by atoms with E-state index in [0.29, 0.717) is 16.8 Å². The summed E-state index contributed by atoms with van der Waals surface area (Å²) in [4.78, 5) is 24.7. The van der Waals surface area contributed by atoms with Gasteiger partial charge in [0.05, 0.1) is 0 Å². The van der Waals surface area contributed by atoms with Gasteiger partial charge in [0.1, 0.15) is 11.1 Å². The minimum Gasteiger partial charge on any atom is -0.451 e. The minimum absolute atomic E-state index is 0.0409. The lowest BCUT2D eigenvalue weighted by molar-refractivity contribution is 0.0931. The van der Waals surface area contributed by atoms with Gasteiger partial charge in [-0.1, -0.05) is 22.0 Å². The first-order chi connectivity index (χ1) is 11.0. The van der Waals surface area contributed by atoms with Crippen LogP contribution in [0.2, 0.25) is 0 Å². The molecular formula is C16H9BrN2O4. The molecule has 0 aliphatic carbocycles. The monoisotopic (exact) mass is 372 g/mol. The molecule has 0 bridgehead atoms. The average molecular weight is 373 g/mol. The Hall–Kier alpha value is -2.80. The number of halogens is 1. The van der Waals surface area contributed by atoms with Crippen LogP contribution in [-0.2, 0) is 0 Å². The molecule has 4 rings (SSSR count). The van der Waals surface area contributed by atoms with Crippen LogP contribution in [0.5, 0.6) is 0 Å². The first-order valence-electron chi connectivity index (χ1n) is 6.68. The lowest BCUT2D eigenvalue weighted by atomic mass is 10.2. The Kier molecular flexibility index (Phi) is 2.92. The van der Waals surface area contributed by atoms with Crippen molar-refractivity contribution in [2.24, 2.45) is 0 Å². The van der Waals surface area contributed by atoms with Crippen LogP contribution in [0.15, 0.2) is 60.6 Å². The highest BCUT2D eigenvalue weighted by Gasteiger charge is 2.21. The second kappa shape index (κ2) is 4.85. The van der Waals surface area contributed by atoms with E-state index in [1.54, 1.807) is 30.3 Å². The van der Waals surface area contributed by atoms with Gasteiger partial charge < -0.3 is 14.6 Å². The van der Waals surface area contributed by atoms with Gasteiger partial charge in [-0.3, -0.25) is 4.79 Å². The van der Waals surface area contributed by atoms with Crippen molar-refractivity contribution in [1.29, 1.82) is 0 Å². The summed E-state index contributed by atoms with van der Waals surface area (Å²) in [6.45, 7) is 0. The highest BCUT2D eigenvalue weighted by molar-refractivity contribution is 9.10. The zero-order valence-electron chi connectivity index (χ0n) is 11.6. The molecule has 0 unspecified atom stereocenters. The Morgan fingerprint density at radius 2 is 1.91 bits per heavy atom. The molecule has 2 aromatic heterocycles. The zero-order valence-corrected chi connectivity index (χ0v) is 13.2. The summed E-state index contributed by atoms with van der Waals surface area (Å²) in [5, 5.41) is 0.746. The van der Waals surface area contributed by atoms with E-state index in [1.807, 2.05) is 6.07 Å². The summed E-state index contributed by atoms with van der Waals surface area (Å²) in [6.07, 6.45) is 0. The fourth-order valence-electron chi connectivity index (χ4n) is 2.47. The third-order valence-corrected chi connectivity index (χ3v) is 4.22. The predicted molar refractivity (Wildman–Crippen MR) is 88.5 cm³/mol. The van der Waals surface area contributed by atoms with Crippen LogP contribution in [0.4, 0.5) is 5.69 Å². The van der Waals surface area contributed by atoms with Gasteiger partial charge in [0.25, 0.3) is 0 Å². The quantitative estimate of drug-likeness (QED) is 0.517. The maximum absolute atomic E-state index is 12.7. The maximum atomic E-state index is 12.7. The van der Waals surface area contributed by atoms with Gasteiger partial charge in [0.2, 0.25) is 0 Å². The van der Waals surface area contributed by atoms with Gasteiger partial charge in [0, 0.05) is 15.5 Å². The van der Waals surface area contributed by atoms with Crippen molar-refractivity contribution in [3.63, 3.8) is 0 Å². The molecule has 23 heavy (non-hydrogen) atoms. The number of nitrogens with zero attached hydrogens (tertiary/aromatic N) is 1. The Balaban J connectivity index is 1.94. The van der Waals surface area contributed by atoms with Crippen LogP contribution in [0.3, 0.4) is 0 Å². The van der Waals surface area contributed by atoms with Gasteiger partial charge >= 0.3 is 11.7 Å². The van der Waals surface area contributed by atoms with Gasteiger partial charge in [-0.2, -0.15) is 0 Å². The van der Waals surface area contributed by atoms with Crippen molar-refractivity contribution in [1.82, 2.24) is 4.57 Å². The van der Waals surface area contributed by atoms with Crippen LogP contribution in [0, 0.1) is 0 Å². The molecule has 0 fully saturated rings. The number of anilines is 1. The number of nitrogens with two attached hydrogens (primary N) is 1. The molecule has 2 heterocycles. The number of rotatable bonds is 1. The standard InChI is InChI=1S/C16H9BrN2O4/c17-10-2-1-3-12-9(10)7-14(22-12)15(20)19-11-6-8(18)4-5-13(11)23-16(19)21/h1-7H,18H2. The lowest BCUT2D eigenvalue weighted by Crippen LogP contribution is -2.22. The molecule has 0 amide bonds. The summed E-state index contributed by atoms with van der Waals surface area (Å²) in [6, 6.07) is 11.6. The van der Waals surface area contributed by atoms with E-state index in [0.717, 1.165) is 14.4 Å². The number of aromatic nitrogens is 1. The Morgan fingerprint density at radius 3 is 2.70 bits per heavy atom. The summed E-state index contributed by atoms with van der Waals surface area (Å²) in [5.74, 6) is -1.35. The largest absolute Gasteiger partial charge is 0.451 e. The maximum Gasteiger partial charge on any atom is 0.427 e. The molecular weight excluding hydrogens is 364 g/mol. The Labute approximate surface area is 137 Å². The van der Waals surface area contributed by atoms with E-state index in [4.69, 9.17) is 14.6 Å². The summed E-state index contributed by atoms with van der Waals surface area (Å²) in [5.41, 5.74) is 7.28. The number of furan rings is 1. The van der Waals surface area contributed by atoms with Crippen LogP contribution in [0.25, 0.3) is 22.1 Å². The summed E-state index contributed by atoms with van der Waals surface area (Å²) >= 11 is 3.40. The van der Waals surface area contributed by atoms with Gasteiger partial charge in [-0.15, -0.1) is 0 Å². The van der Waals surface area contributed by atoms with E-state index in [9.17, 15) is 9.59 Å². The highest BCUT2D eigenvalue weighted by atomic mass is 79.9. The third kappa shape index (κ3) is 2.08. The molecule has 0 atom stereocenters. The van der Waals surface area contributed by atoms with E-state index < -0.39 is 11.7 Å². The fourth-order valence-corrected chi connectivity index (χ4v) is 2.93. The van der Waals surface area contributed by atoms with Crippen molar-refractivity contribution >= 4 is 49.6 Å². The number of nitrogen functional groups attached to an aromatic ring is 1. The molecule has 0 radical (unpaired) electrons. The molecule has 2 aromatic carbocycles. The van der Waals surface area contributed by atoms with E-state index in [-0.39, 0.29) is 11.3 Å². The van der Waals surface area contributed by atoms with Gasteiger partial charge in [0.15, 0.2) is 11.3 Å². The Bertz CT molecular complexity index is 1140. The second-order valence-electron chi connectivity index (χ2n) is 5.00. The van der Waals surface area contributed by atoms with Crippen LogP contribution in [0.1, 0.15) is 10.6 Å². The minimum atomic E-state index is -0.782. The molecule has 0 saturated heterocycles. The van der Waals surface area contributed by atoms with Crippen molar-refractivity contribution in [3.05, 3.63) is 63.2 Å². The lowest BCUT2D eigenvalue weighted by Gasteiger charge is -1.98. The van der Waals surface area contributed by atoms with E-state index in [2.05, 4.69) is 15.9 Å². The number of carbonyl (C=O) groups is 1. The molecule has 6 nitrogen and oxygen atoms in total. The van der Waals surface area contributed by atoms with Crippen molar-refractivity contribution in [3.8, 4) is 0 Å². The van der Waals surface area contributed by atoms with Gasteiger partial charge in [-0.25, -0.2) is 9.36 Å². The van der Waals surface area contributed by atoms with Gasteiger partial charge in [-0.05, 0) is 36.4 Å². The number of benzene rings is 2. The smallest absolute Gasteiger partial charge is 0.427 e. The summed E-state index contributed by atoms with van der Waals surface area (Å²) < 4.78 is 12.3. The SMILES string of the molecule is Nc1ccc2oc(=O)n(C(=O)c3cc4c(Br)cccc4o3)c2c1. The first-order valence-corrected chi connectivity index (χ1v) is 7.48. The molecule has 7 heteroatoms. The first kappa shape index (κ1) is 13.8. The Morgan fingerprint density at radius 1 is 1.09 bits per heavy atom. The zero-order chi connectivity index (χ0) is 16.1. The van der Waals surface area contributed by atoms with Crippen LogP contribution in [-0.4, -0.2) is 10.5 Å². The van der Waals surface area contributed by atoms with Crippen molar-refractivity contribution < 1.29 is 13.6 Å². The molecule has 0 aliphatic rings. The third-order valence-electron chi connectivity index (χ3n) is 3.53. The fraction of sp³-hybridized carbons (Fsp3) is 0. The van der Waals surface area contributed by atoms with E-state index in [1.165, 1.54) is 6.07 Å². The molecule has 0 saturated carbocycles. The molecule has 114 valence electrons. The summed E-state index contributed by atoms with van der Waals surface area (Å²) in [7, 11) is 0. The molecule has 0 aliphatic heterocycles. The van der Waals surface area contributed by atoms with Crippen LogP contribution >= 0.6 is 15.9 Å². The predicted octanol–water partition coefficient (Wildman–Crippen LogP) is 3.37. The molecule has 2 N–H and O–H groups in total. The molecule has 0 spiro atoms. The number of carbonyl (C=O) groups excluding carboxylic acids is 1. The number of hydrogen-bond donors (Lipinski definition) is 1. The number of oxazole rings is 1. The topological polar surface area (TPSA) is 91.4 Å².